The van der Waals surface area contributed by atoms with Crippen molar-refractivity contribution >= 4 is 11.9 Å². The molecule has 19 heavy (non-hydrogen) atoms. The number of urea groups is 1. The van der Waals surface area contributed by atoms with E-state index in [1.54, 1.807) is 12.0 Å². The monoisotopic (exact) mass is 261 g/mol. The number of methoxy groups -OCH3 is 1. The van der Waals surface area contributed by atoms with Gasteiger partial charge in [0.2, 0.25) is 0 Å². The molecule has 0 bridgehead atoms. The van der Waals surface area contributed by atoms with Crippen LogP contribution < -0.4 is 5.73 Å². The molecule has 102 valence electrons. The standard InChI is InChI=1S/C14H19N3O2/c1-3-8-17-12(13(15)16-14(17)18)11-6-4-10(5-7-11)9-19-2/h4-7,12H,3,8-9H2,1-2H3,(H2,15,16,18). The second-order valence-corrected chi connectivity index (χ2v) is 4.59. The fourth-order valence-corrected chi connectivity index (χ4v) is 2.29. The normalized spacial score (nSPS) is 18.8. The molecule has 2 rings (SSSR count). The maximum absolute atomic E-state index is 11.8. The highest BCUT2D eigenvalue weighted by molar-refractivity contribution is 6.03. The average Bonchev–Trinajstić information content (AvgIpc) is 2.67. The number of hydrogen-bond donors (Lipinski definition) is 1. The van der Waals surface area contributed by atoms with Crippen LogP contribution in [0.4, 0.5) is 4.79 Å². The summed E-state index contributed by atoms with van der Waals surface area (Å²) < 4.78 is 5.08. The van der Waals surface area contributed by atoms with Crippen LogP contribution in [-0.2, 0) is 11.3 Å². The first-order valence-electron chi connectivity index (χ1n) is 6.39. The van der Waals surface area contributed by atoms with Crippen LogP contribution >= 0.6 is 0 Å². The van der Waals surface area contributed by atoms with E-state index in [1.807, 2.05) is 31.2 Å². The van der Waals surface area contributed by atoms with Crippen LogP contribution in [0.15, 0.2) is 29.3 Å². The zero-order valence-electron chi connectivity index (χ0n) is 11.3. The van der Waals surface area contributed by atoms with Crippen molar-refractivity contribution in [3.05, 3.63) is 35.4 Å². The number of rotatable bonds is 5. The lowest BCUT2D eigenvalue weighted by atomic mass is 10.0. The molecule has 1 heterocycles. The number of nitrogens with two attached hydrogens (primary N) is 1. The predicted octanol–water partition coefficient (Wildman–Crippen LogP) is 2.08. The molecule has 0 aliphatic carbocycles. The lowest BCUT2D eigenvalue weighted by Gasteiger charge is -2.24. The number of aliphatic imine (C=N–C) groups is 1. The van der Waals surface area contributed by atoms with Crippen LogP contribution in [0.2, 0.25) is 0 Å². The van der Waals surface area contributed by atoms with Crippen molar-refractivity contribution < 1.29 is 9.53 Å². The molecule has 2 N–H and O–H groups in total. The molecule has 1 aliphatic heterocycles. The molecule has 1 aromatic carbocycles. The van der Waals surface area contributed by atoms with Gasteiger partial charge in [-0.2, -0.15) is 4.99 Å². The Balaban J connectivity index is 2.23. The molecular weight excluding hydrogens is 242 g/mol. The van der Waals surface area contributed by atoms with E-state index in [-0.39, 0.29) is 12.1 Å². The highest BCUT2D eigenvalue weighted by Gasteiger charge is 2.33. The van der Waals surface area contributed by atoms with Gasteiger partial charge in [0.05, 0.1) is 6.61 Å². The fraction of sp³-hybridized carbons (Fsp3) is 0.429. The minimum atomic E-state index is -0.245. The predicted molar refractivity (Wildman–Crippen MR) is 73.9 cm³/mol. The summed E-state index contributed by atoms with van der Waals surface area (Å²) in [4.78, 5) is 17.3. The van der Waals surface area contributed by atoms with Crippen LogP contribution in [0.5, 0.6) is 0 Å². The van der Waals surface area contributed by atoms with Gasteiger partial charge in [-0.3, -0.25) is 0 Å². The molecule has 0 saturated carbocycles. The van der Waals surface area contributed by atoms with E-state index < -0.39 is 0 Å². The Morgan fingerprint density at radius 3 is 2.63 bits per heavy atom. The Morgan fingerprint density at radius 1 is 1.37 bits per heavy atom. The Morgan fingerprint density at radius 2 is 2.05 bits per heavy atom. The van der Waals surface area contributed by atoms with Crippen LogP contribution in [-0.4, -0.2) is 30.4 Å². The summed E-state index contributed by atoms with van der Waals surface area (Å²) in [7, 11) is 1.66. The van der Waals surface area contributed by atoms with Crippen LogP contribution in [0, 0.1) is 0 Å². The summed E-state index contributed by atoms with van der Waals surface area (Å²) in [6, 6.07) is 7.44. The molecule has 0 spiro atoms. The molecule has 5 nitrogen and oxygen atoms in total. The maximum Gasteiger partial charge on any atom is 0.346 e. The van der Waals surface area contributed by atoms with E-state index in [0.717, 1.165) is 17.5 Å². The Labute approximate surface area is 113 Å². The number of nitrogens with zero attached hydrogens (tertiary/aromatic N) is 2. The zero-order valence-corrected chi connectivity index (χ0v) is 11.3. The molecule has 0 aromatic heterocycles. The molecule has 2 amide bonds. The van der Waals surface area contributed by atoms with Crippen molar-refractivity contribution in [2.45, 2.75) is 26.0 Å². The fourth-order valence-electron chi connectivity index (χ4n) is 2.29. The minimum absolute atomic E-state index is 0.232. The van der Waals surface area contributed by atoms with Crippen LogP contribution in [0.25, 0.3) is 0 Å². The van der Waals surface area contributed by atoms with Crippen molar-refractivity contribution in [3.8, 4) is 0 Å². The second-order valence-electron chi connectivity index (χ2n) is 4.59. The molecule has 1 unspecified atom stereocenters. The smallest absolute Gasteiger partial charge is 0.346 e. The van der Waals surface area contributed by atoms with Gasteiger partial charge < -0.3 is 15.4 Å². The highest BCUT2D eigenvalue weighted by atomic mass is 16.5. The van der Waals surface area contributed by atoms with Gasteiger partial charge in [-0.05, 0) is 17.5 Å². The molecular formula is C14H19N3O2. The number of benzene rings is 1. The summed E-state index contributed by atoms with van der Waals surface area (Å²) in [5.41, 5.74) is 7.96. The third-order valence-electron chi connectivity index (χ3n) is 3.13. The van der Waals surface area contributed by atoms with Crippen molar-refractivity contribution in [2.75, 3.05) is 13.7 Å². The van der Waals surface area contributed by atoms with Gasteiger partial charge in [-0.1, -0.05) is 31.2 Å². The third-order valence-corrected chi connectivity index (χ3v) is 3.13. The number of amidine groups is 1. The number of carbonyl (C=O) groups is 1. The van der Waals surface area contributed by atoms with Gasteiger partial charge in [-0.15, -0.1) is 0 Å². The number of ether oxygens (including phenoxy) is 1. The molecule has 0 fully saturated rings. The van der Waals surface area contributed by atoms with Crippen molar-refractivity contribution in [3.63, 3.8) is 0 Å². The summed E-state index contributed by atoms with van der Waals surface area (Å²) in [5, 5.41) is 0. The van der Waals surface area contributed by atoms with Gasteiger partial charge in [0.15, 0.2) is 0 Å². The molecule has 0 radical (unpaired) electrons. The van der Waals surface area contributed by atoms with Crippen molar-refractivity contribution in [2.24, 2.45) is 10.7 Å². The van der Waals surface area contributed by atoms with E-state index in [4.69, 9.17) is 10.5 Å². The summed E-state index contributed by atoms with van der Waals surface area (Å²) in [5.74, 6) is 0.373. The first kappa shape index (κ1) is 13.5. The topological polar surface area (TPSA) is 67.9 Å². The van der Waals surface area contributed by atoms with E-state index in [9.17, 15) is 4.79 Å². The first-order chi connectivity index (χ1) is 9.17. The second kappa shape index (κ2) is 5.84. The largest absolute Gasteiger partial charge is 0.385 e. The summed E-state index contributed by atoms with van der Waals surface area (Å²) >= 11 is 0. The molecule has 1 aromatic rings. The first-order valence-corrected chi connectivity index (χ1v) is 6.39. The number of amides is 2. The summed E-state index contributed by atoms with van der Waals surface area (Å²) in [6.45, 7) is 3.26. The SMILES string of the molecule is CCCN1C(=O)N=C(N)C1c1ccc(COC)cc1. The molecule has 0 saturated heterocycles. The zero-order chi connectivity index (χ0) is 13.8. The quantitative estimate of drug-likeness (QED) is 0.882. The van der Waals surface area contributed by atoms with Gasteiger partial charge in [0, 0.05) is 13.7 Å². The van der Waals surface area contributed by atoms with Crippen LogP contribution in [0.3, 0.4) is 0 Å². The van der Waals surface area contributed by atoms with Gasteiger partial charge in [0.25, 0.3) is 0 Å². The van der Waals surface area contributed by atoms with E-state index in [0.29, 0.717) is 19.0 Å². The van der Waals surface area contributed by atoms with E-state index in [2.05, 4.69) is 4.99 Å². The lowest BCUT2D eigenvalue weighted by molar-refractivity contribution is 0.185. The number of carbonyl (C=O) groups excluding carboxylic acids is 1. The Hall–Kier alpha value is -1.88. The van der Waals surface area contributed by atoms with Gasteiger partial charge in [-0.25, -0.2) is 4.79 Å². The molecule has 1 aliphatic rings. The van der Waals surface area contributed by atoms with Crippen LogP contribution in [0.1, 0.15) is 30.5 Å². The molecule has 1 atom stereocenters. The van der Waals surface area contributed by atoms with Gasteiger partial charge in [0.1, 0.15) is 11.9 Å². The van der Waals surface area contributed by atoms with Gasteiger partial charge >= 0.3 is 6.03 Å². The third kappa shape index (κ3) is 2.76. The molecule has 5 heteroatoms. The van der Waals surface area contributed by atoms with Crippen molar-refractivity contribution in [1.29, 1.82) is 0 Å². The van der Waals surface area contributed by atoms with E-state index in [1.165, 1.54) is 0 Å². The average molecular weight is 261 g/mol. The lowest BCUT2D eigenvalue weighted by Crippen LogP contribution is -2.33. The van der Waals surface area contributed by atoms with E-state index >= 15 is 0 Å². The summed E-state index contributed by atoms with van der Waals surface area (Å²) in [6.07, 6.45) is 0.882. The van der Waals surface area contributed by atoms with Crippen molar-refractivity contribution in [1.82, 2.24) is 4.90 Å². The minimum Gasteiger partial charge on any atom is -0.385 e. The highest BCUT2D eigenvalue weighted by Crippen LogP contribution is 2.27. The maximum atomic E-state index is 11.8. The Bertz CT molecular complexity index is 482. The number of hydrogen-bond acceptors (Lipinski definition) is 3. The Kier molecular flexibility index (Phi) is 4.16.